The summed E-state index contributed by atoms with van der Waals surface area (Å²) >= 11 is 0. The Bertz CT molecular complexity index is 619. The molecule has 1 aliphatic heterocycles. The van der Waals surface area contributed by atoms with Crippen molar-refractivity contribution >= 4 is 5.69 Å². The molecule has 5 nitrogen and oxygen atoms in total. The summed E-state index contributed by atoms with van der Waals surface area (Å²) in [5.74, 6) is 2.20. The number of benzene rings is 1. The predicted molar refractivity (Wildman–Crippen MR) is 69.2 cm³/mol. The van der Waals surface area contributed by atoms with Crippen molar-refractivity contribution in [1.82, 2.24) is 10.1 Å². The molecule has 1 aliphatic carbocycles. The van der Waals surface area contributed by atoms with Gasteiger partial charge in [0.2, 0.25) is 0 Å². The SMILES string of the molecule is CC1(c2noc(C3CNc4ccccc4O3)n2)CC1. The lowest BCUT2D eigenvalue weighted by Gasteiger charge is -2.24. The lowest BCUT2D eigenvalue weighted by Crippen LogP contribution is -2.23. The molecule has 2 aromatic rings. The monoisotopic (exact) mass is 257 g/mol. The highest BCUT2D eigenvalue weighted by molar-refractivity contribution is 5.57. The van der Waals surface area contributed by atoms with Gasteiger partial charge in [0.05, 0.1) is 12.2 Å². The summed E-state index contributed by atoms with van der Waals surface area (Å²) in [6.45, 7) is 2.81. The molecule has 0 saturated heterocycles. The van der Waals surface area contributed by atoms with Gasteiger partial charge in [0.15, 0.2) is 11.9 Å². The van der Waals surface area contributed by atoms with Crippen LogP contribution in [0.5, 0.6) is 5.75 Å². The molecule has 1 aromatic heterocycles. The van der Waals surface area contributed by atoms with Crippen LogP contribution in [0.4, 0.5) is 5.69 Å². The Kier molecular flexibility index (Phi) is 2.13. The van der Waals surface area contributed by atoms with Gasteiger partial charge in [0, 0.05) is 5.41 Å². The summed E-state index contributed by atoms with van der Waals surface area (Å²) in [7, 11) is 0. The molecule has 1 saturated carbocycles. The topological polar surface area (TPSA) is 60.2 Å². The number of aromatic nitrogens is 2. The van der Waals surface area contributed by atoms with E-state index in [2.05, 4.69) is 22.4 Å². The van der Waals surface area contributed by atoms with E-state index in [0.717, 1.165) is 30.1 Å². The number of nitrogens with one attached hydrogen (secondary N) is 1. The van der Waals surface area contributed by atoms with Gasteiger partial charge in [0.25, 0.3) is 5.89 Å². The van der Waals surface area contributed by atoms with Gasteiger partial charge in [-0.05, 0) is 25.0 Å². The largest absolute Gasteiger partial charge is 0.477 e. The van der Waals surface area contributed by atoms with Crippen LogP contribution in [0.2, 0.25) is 0 Å². The first kappa shape index (κ1) is 10.8. The summed E-state index contributed by atoms with van der Waals surface area (Å²) in [6.07, 6.45) is 2.07. The number of anilines is 1. The van der Waals surface area contributed by atoms with Gasteiger partial charge in [-0.15, -0.1) is 0 Å². The molecule has 98 valence electrons. The number of fused-ring (bicyclic) bond motifs is 1. The fourth-order valence-corrected chi connectivity index (χ4v) is 2.27. The van der Waals surface area contributed by atoms with Crippen LogP contribution >= 0.6 is 0 Å². The van der Waals surface area contributed by atoms with Crippen molar-refractivity contribution in [1.29, 1.82) is 0 Å². The van der Waals surface area contributed by atoms with E-state index in [-0.39, 0.29) is 11.5 Å². The second kappa shape index (κ2) is 3.73. The molecule has 1 N–H and O–H groups in total. The van der Waals surface area contributed by atoms with Crippen LogP contribution in [0.25, 0.3) is 0 Å². The van der Waals surface area contributed by atoms with E-state index in [1.54, 1.807) is 0 Å². The van der Waals surface area contributed by atoms with Gasteiger partial charge < -0.3 is 14.6 Å². The van der Waals surface area contributed by atoms with Crippen LogP contribution in [0.15, 0.2) is 28.8 Å². The van der Waals surface area contributed by atoms with Gasteiger partial charge >= 0.3 is 0 Å². The maximum absolute atomic E-state index is 5.91. The van der Waals surface area contributed by atoms with E-state index < -0.39 is 0 Å². The van der Waals surface area contributed by atoms with Crippen LogP contribution in [0, 0.1) is 0 Å². The molecular weight excluding hydrogens is 242 g/mol. The van der Waals surface area contributed by atoms with Gasteiger partial charge in [-0.3, -0.25) is 0 Å². The quantitative estimate of drug-likeness (QED) is 0.896. The average Bonchev–Trinajstić information content (AvgIpc) is 3.02. The zero-order chi connectivity index (χ0) is 12.9. The van der Waals surface area contributed by atoms with Gasteiger partial charge in [-0.2, -0.15) is 4.98 Å². The smallest absolute Gasteiger partial charge is 0.269 e. The normalized spacial score (nSPS) is 23.1. The molecule has 2 heterocycles. The molecule has 1 fully saturated rings. The van der Waals surface area contributed by atoms with Crippen LogP contribution in [0.3, 0.4) is 0 Å². The van der Waals surface area contributed by atoms with E-state index in [4.69, 9.17) is 9.26 Å². The highest BCUT2D eigenvalue weighted by Gasteiger charge is 2.44. The first-order valence-electron chi connectivity index (χ1n) is 6.58. The number of ether oxygens (including phenoxy) is 1. The van der Waals surface area contributed by atoms with E-state index in [1.807, 2.05) is 24.3 Å². The third-order valence-electron chi connectivity index (χ3n) is 3.89. The number of hydrogen-bond donors (Lipinski definition) is 1. The van der Waals surface area contributed by atoms with Crippen LogP contribution < -0.4 is 10.1 Å². The Labute approximate surface area is 111 Å². The molecular formula is C14H15N3O2. The van der Waals surface area contributed by atoms with E-state index in [1.165, 1.54) is 0 Å². The Morgan fingerprint density at radius 2 is 2.16 bits per heavy atom. The molecule has 0 spiro atoms. The van der Waals surface area contributed by atoms with E-state index >= 15 is 0 Å². The molecule has 1 unspecified atom stereocenters. The van der Waals surface area contributed by atoms with Crippen molar-refractivity contribution in [3.63, 3.8) is 0 Å². The van der Waals surface area contributed by atoms with Crippen molar-refractivity contribution in [2.24, 2.45) is 0 Å². The third kappa shape index (κ3) is 1.77. The number of para-hydroxylation sites is 2. The van der Waals surface area contributed by atoms with Crippen molar-refractivity contribution in [3.8, 4) is 5.75 Å². The van der Waals surface area contributed by atoms with Crippen molar-refractivity contribution in [2.45, 2.75) is 31.3 Å². The fraction of sp³-hybridized carbons (Fsp3) is 0.429. The van der Waals surface area contributed by atoms with Crippen LogP contribution in [-0.4, -0.2) is 16.7 Å². The molecule has 1 atom stereocenters. The van der Waals surface area contributed by atoms with Crippen LogP contribution in [0.1, 0.15) is 37.6 Å². The molecule has 0 amide bonds. The Hall–Kier alpha value is -2.04. The lowest BCUT2D eigenvalue weighted by atomic mass is 10.1. The summed E-state index contributed by atoms with van der Waals surface area (Å²) < 4.78 is 11.3. The fourth-order valence-electron chi connectivity index (χ4n) is 2.27. The van der Waals surface area contributed by atoms with E-state index in [0.29, 0.717) is 12.4 Å². The molecule has 5 heteroatoms. The maximum atomic E-state index is 5.91. The maximum Gasteiger partial charge on any atom is 0.269 e. The minimum absolute atomic E-state index is 0.127. The summed E-state index contributed by atoms with van der Waals surface area (Å²) in [5.41, 5.74) is 1.13. The van der Waals surface area contributed by atoms with Crippen molar-refractivity contribution in [2.75, 3.05) is 11.9 Å². The standard InChI is InChI=1S/C14H15N3O2/c1-14(6-7-14)13-16-12(19-17-13)11-8-15-9-4-2-3-5-10(9)18-11/h2-5,11,15H,6-8H2,1H3. The first-order chi connectivity index (χ1) is 9.24. The molecule has 19 heavy (non-hydrogen) atoms. The summed E-state index contributed by atoms with van der Waals surface area (Å²) in [4.78, 5) is 4.50. The highest BCUT2D eigenvalue weighted by Crippen LogP contribution is 2.46. The second-order valence-corrected chi connectivity index (χ2v) is 5.50. The van der Waals surface area contributed by atoms with Gasteiger partial charge in [-0.1, -0.05) is 24.2 Å². The third-order valence-corrected chi connectivity index (χ3v) is 3.89. The minimum atomic E-state index is -0.210. The lowest BCUT2D eigenvalue weighted by molar-refractivity contribution is 0.162. The zero-order valence-electron chi connectivity index (χ0n) is 10.7. The Morgan fingerprint density at radius 1 is 1.32 bits per heavy atom. The molecule has 2 aliphatic rings. The zero-order valence-corrected chi connectivity index (χ0v) is 10.7. The Morgan fingerprint density at radius 3 is 3.00 bits per heavy atom. The first-order valence-corrected chi connectivity index (χ1v) is 6.58. The van der Waals surface area contributed by atoms with Crippen molar-refractivity contribution in [3.05, 3.63) is 36.0 Å². The Balaban J connectivity index is 1.59. The number of hydrogen-bond acceptors (Lipinski definition) is 5. The number of nitrogens with zero attached hydrogens (tertiary/aromatic N) is 2. The molecule has 0 bridgehead atoms. The number of rotatable bonds is 2. The second-order valence-electron chi connectivity index (χ2n) is 5.50. The molecule has 0 radical (unpaired) electrons. The van der Waals surface area contributed by atoms with Crippen molar-refractivity contribution < 1.29 is 9.26 Å². The van der Waals surface area contributed by atoms with Gasteiger partial charge in [0.1, 0.15) is 5.75 Å². The van der Waals surface area contributed by atoms with E-state index in [9.17, 15) is 0 Å². The van der Waals surface area contributed by atoms with Gasteiger partial charge in [-0.25, -0.2) is 0 Å². The average molecular weight is 257 g/mol. The minimum Gasteiger partial charge on any atom is -0.477 e. The molecule has 4 rings (SSSR count). The summed E-state index contributed by atoms with van der Waals surface area (Å²) in [6, 6.07) is 7.87. The van der Waals surface area contributed by atoms with Crippen LogP contribution in [-0.2, 0) is 5.41 Å². The highest BCUT2D eigenvalue weighted by atomic mass is 16.5. The molecule has 1 aromatic carbocycles. The summed E-state index contributed by atoms with van der Waals surface area (Å²) in [5, 5.41) is 7.41. The predicted octanol–water partition coefficient (Wildman–Crippen LogP) is 2.67.